The van der Waals surface area contributed by atoms with Crippen LogP contribution in [0.1, 0.15) is 25.7 Å². The Morgan fingerprint density at radius 2 is 2.07 bits per heavy atom. The average Bonchev–Trinajstić information content (AvgIpc) is 2.26. The van der Waals surface area contributed by atoms with Crippen LogP contribution in [0, 0.1) is 17.2 Å². The lowest BCUT2D eigenvalue weighted by atomic mass is 9.90. The summed E-state index contributed by atoms with van der Waals surface area (Å²) in [6, 6.07) is 2.12. The zero-order chi connectivity index (χ0) is 11.3. The second kappa shape index (κ2) is 5.47. The summed E-state index contributed by atoms with van der Waals surface area (Å²) < 4.78 is 28.5. The second-order valence-corrected chi connectivity index (χ2v) is 6.26. The first-order valence-electron chi connectivity index (χ1n) is 5.22. The maximum absolute atomic E-state index is 11.9. The third kappa shape index (κ3) is 3.18. The molecule has 1 saturated carbocycles. The van der Waals surface area contributed by atoms with Gasteiger partial charge in [-0.2, -0.15) is 5.26 Å². The smallest absolute Gasteiger partial charge is 0.156 e. The van der Waals surface area contributed by atoms with Crippen LogP contribution in [0.2, 0.25) is 0 Å². The monoisotopic (exact) mass is 231 g/mol. The van der Waals surface area contributed by atoms with Gasteiger partial charge in [-0.1, -0.05) is 12.8 Å². The van der Waals surface area contributed by atoms with E-state index in [-0.39, 0.29) is 18.3 Å². The molecule has 1 aliphatic rings. The predicted molar refractivity (Wildman–Crippen MR) is 57.0 cm³/mol. The molecule has 0 bridgehead atoms. The average molecular weight is 231 g/mol. The number of nitriles is 1. The normalized spacial score (nSPS) is 27.2. The minimum Gasteiger partial charge on any atom is -0.384 e. The molecule has 0 saturated heterocycles. The minimum atomic E-state index is -3.15. The van der Waals surface area contributed by atoms with Crippen molar-refractivity contribution in [1.82, 2.24) is 0 Å². The van der Waals surface area contributed by atoms with E-state index in [1.165, 1.54) is 7.11 Å². The molecule has 2 atom stereocenters. The van der Waals surface area contributed by atoms with E-state index in [0.29, 0.717) is 12.8 Å². The summed E-state index contributed by atoms with van der Waals surface area (Å²) in [7, 11) is -1.67. The van der Waals surface area contributed by atoms with E-state index in [0.717, 1.165) is 12.8 Å². The summed E-state index contributed by atoms with van der Waals surface area (Å²) in [5.74, 6) is -0.285. The molecule has 86 valence electrons. The standard InChI is InChI=1S/C10H17NO3S/c1-14-6-7-15(12,13)10-5-3-2-4-9(10)8-11/h9-10H,2-7H2,1H3. The van der Waals surface area contributed by atoms with Crippen LogP contribution in [0.25, 0.3) is 0 Å². The van der Waals surface area contributed by atoms with Crippen molar-refractivity contribution in [2.75, 3.05) is 19.5 Å². The Labute approximate surface area is 91.1 Å². The number of methoxy groups -OCH3 is 1. The van der Waals surface area contributed by atoms with Crippen molar-refractivity contribution in [1.29, 1.82) is 5.26 Å². The van der Waals surface area contributed by atoms with Crippen molar-refractivity contribution in [2.24, 2.45) is 5.92 Å². The number of rotatable bonds is 4. The van der Waals surface area contributed by atoms with E-state index >= 15 is 0 Å². The van der Waals surface area contributed by atoms with Gasteiger partial charge in [0.25, 0.3) is 0 Å². The van der Waals surface area contributed by atoms with Gasteiger partial charge >= 0.3 is 0 Å². The van der Waals surface area contributed by atoms with Gasteiger partial charge < -0.3 is 4.74 Å². The lowest BCUT2D eigenvalue weighted by molar-refractivity contribution is 0.216. The maximum Gasteiger partial charge on any atom is 0.156 e. The first kappa shape index (κ1) is 12.5. The summed E-state index contributed by atoms with van der Waals surface area (Å²) >= 11 is 0. The van der Waals surface area contributed by atoms with E-state index in [9.17, 15) is 8.42 Å². The van der Waals surface area contributed by atoms with E-state index in [1.807, 2.05) is 0 Å². The van der Waals surface area contributed by atoms with E-state index < -0.39 is 15.1 Å². The topological polar surface area (TPSA) is 67.2 Å². The minimum absolute atomic E-state index is 0.0341. The molecule has 1 fully saturated rings. The molecule has 1 aliphatic carbocycles. The molecular weight excluding hydrogens is 214 g/mol. The number of ether oxygens (including phenoxy) is 1. The molecule has 0 amide bonds. The van der Waals surface area contributed by atoms with Crippen LogP contribution in [-0.2, 0) is 14.6 Å². The van der Waals surface area contributed by atoms with Crippen LogP contribution >= 0.6 is 0 Å². The van der Waals surface area contributed by atoms with Crippen molar-refractivity contribution < 1.29 is 13.2 Å². The molecule has 1 rings (SSSR count). The quantitative estimate of drug-likeness (QED) is 0.727. The van der Waals surface area contributed by atoms with Gasteiger partial charge in [-0.3, -0.25) is 0 Å². The van der Waals surface area contributed by atoms with Gasteiger partial charge in [0.05, 0.1) is 29.6 Å². The highest BCUT2D eigenvalue weighted by Crippen LogP contribution is 2.29. The van der Waals surface area contributed by atoms with Crippen molar-refractivity contribution >= 4 is 9.84 Å². The molecule has 0 radical (unpaired) electrons. The van der Waals surface area contributed by atoms with Gasteiger partial charge in [0.15, 0.2) is 9.84 Å². The molecule has 4 nitrogen and oxygen atoms in total. The van der Waals surface area contributed by atoms with Gasteiger partial charge in [0.2, 0.25) is 0 Å². The molecule has 0 N–H and O–H groups in total. The van der Waals surface area contributed by atoms with E-state index in [1.54, 1.807) is 0 Å². The molecule has 0 heterocycles. The molecule has 0 aliphatic heterocycles. The highest BCUT2D eigenvalue weighted by atomic mass is 32.2. The highest BCUT2D eigenvalue weighted by Gasteiger charge is 2.35. The largest absolute Gasteiger partial charge is 0.384 e. The number of hydrogen-bond donors (Lipinski definition) is 0. The molecule has 0 aromatic rings. The molecule has 0 spiro atoms. The third-order valence-electron chi connectivity index (χ3n) is 2.90. The SMILES string of the molecule is COCCS(=O)(=O)C1CCCCC1C#N. The van der Waals surface area contributed by atoms with E-state index in [4.69, 9.17) is 10.00 Å². The van der Waals surface area contributed by atoms with Crippen LogP contribution in [0.3, 0.4) is 0 Å². The number of nitrogens with zero attached hydrogens (tertiary/aromatic N) is 1. The summed E-state index contributed by atoms with van der Waals surface area (Å²) in [5.41, 5.74) is 0. The lowest BCUT2D eigenvalue weighted by Gasteiger charge is -2.26. The summed E-state index contributed by atoms with van der Waals surface area (Å²) in [6.07, 6.45) is 3.22. The second-order valence-electron chi connectivity index (χ2n) is 3.92. The summed E-state index contributed by atoms with van der Waals surface area (Å²) in [4.78, 5) is 0. The van der Waals surface area contributed by atoms with Crippen LogP contribution in [0.4, 0.5) is 0 Å². The van der Waals surface area contributed by atoms with Crippen molar-refractivity contribution in [2.45, 2.75) is 30.9 Å². The Balaban J connectivity index is 2.71. The van der Waals surface area contributed by atoms with Gasteiger partial charge in [-0.05, 0) is 12.8 Å². The number of sulfone groups is 1. The van der Waals surface area contributed by atoms with Crippen molar-refractivity contribution in [3.8, 4) is 6.07 Å². The summed E-state index contributed by atoms with van der Waals surface area (Å²) in [6.45, 7) is 0.219. The Morgan fingerprint density at radius 3 is 2.67 bits per heavy atom. The lowest BCUT2D eigenvalue weighted by Crippen LogP contribution is -2.34. The van der Waals surface area contributed by atoms with Crippen LogP contribution < -0.4 is 0 Å². The molecular formula is C10H17NO3S. The molecule has 0 aromatic heterocycles. The Bertz CT molecular complexity index is 331. The Kier molecular flexibility index (Phi) is 4.55. The van der Waals surface area contributed by atoms with Gasteiger partial charge in [0.1, 0.15) is 0 Å². The van der Waals surface area contributed by atoms with Crippen LogP contribution in [0.15, 0.2) is 0 Å². The van der Waals surface area contributed by atoms with Crippen molar-refractivity contribution in [3.63, 3.8) is 0 Å². The molecule has 0 aromatic carbocycles. The molecule has 2 unspecified atom stereocenters. The van der Waals surface area contributed by atoms with Crippen LogP contribution in [-0.4, -0.2) is 33.1 Å². The van der Waals surface area contributed by atoms with Gasteiger partial charge in [-0.15, -0.1) is 0 Å². The molecule has 5 heteroatoms. The molecule has 15 heavy (non-hydrogen) atoms. The zero-order valence-electron chi connectivity index (χ0n) is 8.98. The Hall–Kier alpha value is -0.600. The summed E-state index contributed by atoms with van der Waals surface area (Å²) in [5, 5.41) is 8.44. The van der Waals surface area contributed by atoms with Gasteiger partial charge in [-0.25, -0.2) is 8.42 Å². The Morgan fingerprint density at radius 1 is 1.40 bits per heavy atom. The van der Waals surface area contributed by atoms with Gasteiger partial charge in [0, 0.05) is 7.11 Å². The fraction of sp³-hybridized carbons (Fsp3) is 0.900. The first-order chi connectivity index (χ1) is 7.11. The fourth-order valence-electron chi connectivity index (χ4n) is 2.03. The predicted octanol–water partition coefficient (Wildman–Crippen LogP) is 1.13. The third-order valence-corrected chi connectivity index (χ3v) is 5.12. The zero-order valence-corrected chi connectivity index (χ0v) is 9.79. The highest BCUT2D eigenvalue weighted by molar-refractivity contribution is 7.92. The first-order valence-corrected chi connectivity index (χ1v) is 6.93. The van der Waals surface area contributed by atoms with Crippen LogP contribution in [0.5, 0.6) is 0 Å². The fourth-order valence-corrected chi connectivity index (χ4v) is 3.95. The van der Waals surface area contributed by atoms with Crippen molar-refractivity contribution in [3.05, 3.63) is 0 Å². The van der Waals surface area contributed by atoms with E-state index in [2.05, 4.69) is 6.07 Å². The number of hydrogen-bond acceptors (Lipinski definition) is 4. The maximum atomic E-state index is 11.9.